The van der Waals surface area contributed by atoms with Gasteiger partial charge in [0.05, 0.1) is 10.6 Å². The molecule has 1 aromatic heterocycles. The zero-order valence-electron chi connectivity index (χ0n) is 14.8. The van der Waals surface area contributed by atoms with E-state index >= 15 is 0 Å². The van der Waals surface area contributed by atoms with Gasteiger partial charge >= 0.3 is 0 Å². The lowest BCUT2D eigenvalue weighted by Crippen LogP contribution is -2.39. The summed E-state index contributed by atoms with van der Waals surface area (Å²) in [7, 11) is -1.54. The number of halogens is 1. The Balaban J connectivity index is 0.00000338. The van der Waals surface area contributed by atoms with E-state index in [-0.39, 0.29) is 29.7 Å². The van der Waals surface area contributed by atoms with E-state index in [4.69, 9.17) is 0 Å². The Labute approximate surface area is 172 Å². The molecule has 2 rings (SSSR count). The summed E-state index contributed by atoms with van der Waals surface area (Å²) in [6, 6.07) is 14.4. The van der Waals surface area contributed by atoms with Crippen molar-refractivity contribution < 1.29 is 8.42 Å². The quantitative estimate of drug-likeness (QED) is 0.258. The number of nitrogens with one attached hydrogen (secondary N) is 2. The Morgan fingerprint density at radius 3 is 2.38 bits per heavy atom. The molecule has 0 aliphatic heterocycles. The van der Waals surface area contributed by atoms with Gasteiger partial charge in [-0.1, -0.05) is 24.3 Å². The van der Waals surface area contributed by atoms with Crippen LogP contribution in [0.5, 0.6) is 0 Å². The standard InChI is InChI=1S/C18H24N4O2S.HI/c1-19-18(22-14-11-16-8-5-6-12-20-16)21-13-7-15-25(23,24)17-9-3-2-4-10-17;/h2-6,8-10,12H,7,11,13-15H2,1H3,(H2,19,21,22);1H. The van der Waals surface area contributed by atoms with Crippen LogP contribution in [-0.4, -0.2) is 45.3 Å². The first-order valence-corrected chi connectivity index (χ1v) is 9.89. The van der Waals surface area contributed by atoms with Crippen molar-refractivity contribution in [3.8, 4) is 0 Å². The summed E-state index contributed by atoms with van der Waals surface area (Å²) in [4.78, 5) is 8.77. The van der Waals surface area contributed by atoms with Crippen molar-refractivity contribution in [3.63, 3.8) is 0 Å². The molecular formula is C18H25IN4O2S. The maximum absolute atomic E-state index is 12.2. The van der Waals surface area contributed by atoms with E-state index in [9.17, 15) is 8.42 Å². The minimum atomic E-state index is -3.23. The Bertz CT molecular complexity index is 768. The molecule has 2 N–H and O–H groups in total. The summed E-state index contributed by atoms with van der Waals surface area (Å²) in [5.74, 6) is 0.766. The zero-order chi connectivity index (χ0) is 18.0. The maximum atomic E-state index is 12.2. The van der Waals surface area contributed by atoms with E-state index < -0.39 is 9.84 Å². The van der Waals surface area contributed by atoms with Crippen LogP contribution in [0.25, 0.3) is 0 Å². The van der Waals surface area contributed by atoms with E-state index in [1.165, 1.54) is 0 Å². The first-order chi connectivity index (χ1) is 12.1. The Hall–Kier alpha value is -1.68. The van der Waals surface area contributed by atoms with Crippen molar-refractivity contribution >= 4 is 39.8 Å². The molecule has 0 aliphatic carbocycles. The second-order valence-corrected chi connectivity index (χ2v) is 7.59. The number of benzene rings is 1. The van der Waals surface area contributed by atoms with Crippen molar-refractivity contribution in [2.24, 2.45) is 4.99 Å². The maximum Gasteiger partial charge on any atom is 0.190 e. The normalized spacial score (nSPS) is 11.5. The third-order valence-electron chi connectivity index (χ3n) is 3.61. The van der Waals surface area contributed by atoms with Crippen molar-refractivity contribution in [1.29, 1.82) is 0 Å². The number of nitrogens with zero attached hydrogens (tertiary/aromatic N) is 2. The van der Waals surface area contributed by atoms with Gasteiger partial charge in [-0.2, -0.15) is 0 Å². The van der Waals surface area contributed by atoms with Gasteiger partial charge in [-0.25, -0.2) is 8.42 Å². The number of aromatic nitrogens is 1. The molecule has 0 aliphatic rings. The largest absolute Gasteiger partial charge is 0.356 e. The molecule has 1 heterocycles. The predicted molar refractivity (Wildman–Crippen MR) is 116 cm³/mol. The topological polar surface area (TPSA) is 83.5 Å². The van der Waals surface area contributed by atoms with Gasteiger partial charge in [-0.05, 0) is 30.7 Å². The number of aliphatic imine (C=N–C) groups is 1. The van der Waals surface area contributed by atoms with Gasteiger partial charge in [-0.3, -0.25) is 9.98 Å². The average Bonchev–Trinajstić information content (AvgIpc) is 2.65. The van der Waals surface area contributed by atoms with E-state index in [0.29, 0.717) is 30.4 Å². The summed E-state index contributed by atoms with van der Waals surface area (Å²) in [6.45, 7) is 1.24. The van der Waals surface area contributed by atoms with Crippen LogP contribution in [-0.2, 0) is 16.3 Å². The van der Waals surface area contributed by atoms with Crippen LogP contribution in [0.15, 0.2) is 64.6 Å². The minimum absolute atomic E-state index is 0. The van der Waals surface area contributed by atoms with Gasteiger partial charge in [0.1, 0.15) is 0 Å². The first-order valence-electron chi connectivity index (χ1n) is 8.24. The molecule has 0 saturated heterocycles. The van der Waals surface area contributed by atoms with Crippen molar-refractivity contribution in [1.82, 2.24) is 15.6 Å². The highest BCUT2D eigenvalue weighted by molar-refractivity contribution is 14.0. The van der Waals surface area contributed by atoms with Gasteiger partial charge in [-0.15, -0.1) is 24.0 Å². The van der Waals surface area contributed by atoms with Crippen molar-refractivity contribution in [2.45, 2.75) is 17.7 Å². The Morgan fingerprint density at radius 2 is 1.73 bits per heavy atom. The molecule has 0 unspecified atom stereocenters. The first kappa shape index (κ1) is 22.4. The fourth-order valence-electron chi connectivity index (χ4n) is 2.29. The molecule has 0 spiro atoms. The lowest BCUT2D eigenvalue weighted by atomic mass is 10.3. The van der Waals surface area contributed by atoms with Gasteiger partial charge in [0, 0.05) is 38.4 Å². The molecule has 0 amide bonds. The van der Waals surface area contributed by atoms with E-state index in [0.717, 1.165) is 12.1 Å². The van der Waals surface area contributed by atoms with Crippen LogP contribution in [0.3, 0.4) is 0 Å². The van der Waals surface area contributed by atoms with Crippen LogP contribution < -0.4 is 10.6 Å². The zero-order valence-corrected chi connectivity index (χ0v) is 17.9. The van der Waals surface area contributed by atoms with Crippen molar-refractivity contribution in [3.05, 3.63) is 60.4 Å². The highest BCUT2D eigenvalue weighted by Crippen LogP contribution is 2.10. The monoisotopic (exact) mass is 488 g/mol. The van der Waals surface area contributed by atoms with E-state index in [1.807, 2.05) is 18.2 Å². The van der Waals surface area contributed by atoms with Gasteiger partial charge in [0.2, 0.25) is 0 Å². The highest BCUT2D eigenvalue weighted by atomic mass is 127. The fraction of sp³-hybridized carbons (Fsp3) is 0.333. The van der Waals surface area contributed by atoms with E-state index in [1.54, 1.807) is 43.6 Å². The summed E-state index contributed by atoms with van der Waals surface area (Å²) >= 11 is 0. The second-order valence-electron chi connectivity index (χ2n) is 5.48. The van der Waals surface area contributed by atoms with Crippen LogP contribution in [0.4, 0.5) is 0 Å². The molecule has 26 heavy (non-hydrogen) atoms. The Morgan fingerprint density at radius 1 is 1.04 bits per heavy atom. The number of hydrogen-bond donors (Lipinski definition) is 2. The van der Waals surface area contributed by atoms with Gasteiger partial charge < -0.3 is 10.6 Å². The summed E-state index contributed by atoms with van der Waals surface area (Å²) in [6.07, 6.45) is 3.08. The molecule has 8 heteroatoms. The summed E-state index contributed by atoms with van der Waals surface area (Å²) < 4.78 is 24.4. The molecular weight excluding hydrogens is 463 g/mol. The third-order valence-corrected chi connectivity index (χ3v) is 5.42. The summed E-state index contributed by atoms with van der Waals surface area (Å²) in [5, 5.41) is 6.33. The molecule has 0 fully saturated rings. The smallest absolute Gasteiger partial charge is 0.190 e. The number of hydrogen-bond acceptors (Lipinski definition) is 4. The van der Waals surface area contributed by atoms with Crippen molar-refractivity contribution in [2.75, 3.05) is 25.9 Å². The lowest BCUT2D eigenvalue weighted by Gasteiger charge is -2.11. The molecule has 0 saturated carbocycles. The van der Waals surface area contributed by atoms with Crippen LogP contribution >= 0.6 is 24.0 Å². The number of rotatable bonds is 8. The molecule has 0 atom stereocenters. The minimum Gasteiger partial charge on any atom is -0.356 e. The van der Waals surface area contributed by atoms with Gasteiger partial charge in [0.15, 0.2) is 15.8 Å². The average molecular weight is 488 g/mol. The molecule has 0 radical (unpaired) electrons. The molecule has 6 nitrogen and oxygen atoms in total. The predicted octanol–water partition coefficient (Wildman–Crippen LogP) is 2.27. The molecule has 0 bridgehead atoms. The number of guanidine groups is 1. The van der Waals surface area contributed by atoms with Crippen LogP contribution in [0.2, 0.25) is 0 Å². The summed E-state index contributed by atoms with van der Waals surface area (Å²) in [5.41, 5.74) is 1.01. The number of pyridine rings is 1. The number of sulfone groups is 1. The third kappa shape index (κ3) is 7.69. The Kier molecular flexibility index (Phi) is 10.2. The van der Waals surface area contributed by atoms with Crippen LogP contribution in [0, 0.1) is 0 Å². The molecule has 142 valence electrons. The van der Waals surface area contributed by atoms with Gasteiger partial charge in [0.25, 0.3) is 0 Å². The second kappa shape index (κ2) is 11.8. The van der Waals surface area contributed by atoms with E-state index in [2.05, 4.69) is 20.6 Å². The van der Waals surface area contributed by atoms with Crippen LogP contribution in [0.1, 0.15) is 12.1 Å². The SMILES string of the molecule is CN=C(NCCCS(=O)(=O)c1ccccc1)NCCc1ccccn1.I. The lowest BCUT2D eigenvalue weighted by molar-refractivity contribution is 0.592. The fourth-order valence-corrected chi connectivity index (χ4v) is 3.62. The molecule has 1 aromatic carbocycles. The molecule has 2 aromatic rings. The highest BCUT2D eigenvalue weighted by Gasteiger charge is 2.13.